The molecule has 1 aliphatic rings. The maximum atomic E-state index is 15.0. The molecular weight excluding hydrogens is 398 g/mol. The van der Waals surface area contributed by atoms with Gasteiger partial charge in [-0.15, -0.1) is 0 Å². The second kappa shape index (κ2) is 9.43. The average Bonchev–Trinajstić information content (AvgIpc) is 2.78. The molecule has 0 aliphatic carbocycles. The summed E-state index contributed by atoms with van der Waals surface area (Å²) in [5, 5.41) is 9.30. The van der Waals surface area contributed by atoms with Crippen LogP contribution in [0.1, 0.15) is 24.1 Å². The van der Waals surface area contributed by atoms with Crippen LogP contribution >= 0.6 is 0 Å². The predicted octanol–water partition coefficient (Wildman–Crippen LogP) is 5.12. The summed E-state index contributed by atoms with van der Waals surface area (Å²) in [7, 11) is 0. The molecule has 0 bridgehead atoms. The number of hydrogen-bond acceptors (Lipinski definition) is 4. The van der Waals surface area contributed by atoms with Crippen molar-refractivity contribution in [2.45, 2.75) is 26.4 Å². The highest BCUT2D eigenvalue weighted by Crippen LogP contribution is 2.35. The van der Waals surface area contributed by atoms with Gasteiger partial charge in [0.15, 0.2) is 0 Å². The molecule has 0 atom stereocenters. The third-order valence-corrected chi connectivity index (χ3v) is 5.73. The van der Waals surface area contributed by atoms with Crippen LogP contribution < -0.4 is 9.64 Å². The van der Waals surface area contributed by atoms with Gasteiger partial charge in [-0.2, -0.15) is 0 Å². The average molecular weight is 424 g/mol. The van der Waals surface area contributed by atoms with E-state index in [-0.39, 0.29) is 18.2 Å². The van der Waals surface area contributed by atoms with Crippen molar-refractivity contribution in [1.82, 2.24) is 4.98 Å². The van der Waals surface area contributed by atoms with Crippen molar-refractivity contribution < 1.29 is 18.6 Å². The monoisotopic (exact) mass is 424 g/mol. The van der Waals surface area contributed by atoms with Gasteiger partial charge in [-0.1, -0.05) is 30.3 Å². The van der Waals surface area contributed by atoms with Crippen LogP contribution in [0.15, 0.2) is 54.6 Å². The van der Waals surface area contributed by atoms with Crippen molar-refractivity contribution >= 4 is 5.69 Å². The molecule has 0 saturated carbocycles. The van der Waals surface area contributed by atoms with Crippen LogP contribution in [-0.4, -0.2) is 29.8 Å². The lowest BCUT2D eigenvalue weighted by molar-refractivity contribution is 0.202. The third kappa shape index (κ3) is 4.85. The molecule has 4 nitrogen and oxygen atoms in total. The lowest BCUT2D eigenvalue weighted by Gasteiger charge is -2.33. The van der Waals surface area contributed by atoms with Crippen LogP contribution in [0.3, 0.4) is 0 Å². The Balaban J connectivity index is 1.61. The van der Waals surface area contributed by atoms with Gasteiger partial charge in [0.1, 0.15) is 23.9 Å². The number of aryl methyl sites for hydroxylation is 1. The van der Waals surface area contributed by atoms with E-state index in [2.05, 4.69) is 4.98 Å². The van der Waals surface area contributed by atoms with E-state index in [4.69, 9.17) is 4.74 Å². The van der Waals surface area contributed by atoms with Crippen molar-refractivity contribution in [3.05, 3.63) is 77.5 Å². The number of nitrogens with zero attached hydrogens (tertiary/aromatic N) is 2. The first-order valence-corrected chi connectivity index (χ1v) is 10.5. The Morgan fingerprint density at radius 3 is 2.35 bits per heavy atom. The fourth-order valence-corrected chi connectivity index (χ4v) is 3.95. The standard InChI is InChI=1S/C25H26F2N2O2/c1-17-7-8-21(25(28-17)31-16-19-5-3-2-4-6-19)20-13-22(26)24(23(27)14-20)29-11-9-18(15-30)10-12-29/h2-8,13-14,18,30H,9-12,15-16H2,1H3. The summed E-state index contributed by atoms with van der Waals surface area (Å²) in [5.74, 6) is -0.664. The Labute approximate surface area is 181 Å². The molecule has 162 valence electrons. The van der Waals surface area contributed by atoms with E-state index < -0.39 is 11.6 Å². The number of anilines is 1. The Kier molecular flexibility index (Phi) is 6.47. The fourth-order valence-electron chi connectivity index (χ4n) is 3.95. The van der Waals surface area contributed by atoms with Gasteiger partial charge in [-0.3, -0.25) is 0 Å². The molecule has 1 aliphatic heterocycles. The lowest BCUT2D eigenvalue weighted by atomic mass is 9.97. The maximum absolute atomic E-state index is 15.0. The highest BCUT2D eigenvalue weighted by atomic mass is 19.1. The number of halogens is 2. The Bertz CT molecular complexity index is 1010. The molecule has 0 radical (unpaired) electrons. The number of benzene rings is 2. The molecule has 3 aromatic rings. The fraction of sp³-hybridized carbons (Fsp3) is 0.320. The molecule has 31 heavy (non-hydrogen) atoms. The Morgan fingerprint density at radius 1 is 1.03 bits per heavy atom. The first-order valence-electron chi connectivity index (χ1n) is 10.5. The molecule has 2 heterocycles. The van der Waals surface area contributed by atoms with Crippen LogP contribution in [0.5, 0.6) is 5.88 Å². The molecule has 0 unspecified atom stereocenters. The number of ether oxygens (including phenoxy) is 1. The van der Waals surface area contributed by atoms with Crippen LogP contribution in [-0.2, 0) is 6.61 Å². The highest BCUT2D eigenvalue weighted by Gasteiger charge is 2.24. The first-order chi connectivity index (χ1) is 15.0. The topological polar surface area (TPSA) is 45.6 Å². The number of aromatic nitrogens is 1. The molecule has 2 aromatic carbocycles. The number of rotatable bonds is 6. The molecule has 1 N–H and O–H groups in total. The Morgan fingerprint density at radius 2 is 1.71 bits per heavy atom. The van der Waals surface area contributed by atoms with Gasteiger partial charge in [-0.05, 0) is 61.1 Å². The first kappa shape index (κ1) is 21.2. The number of piperidine rings is 1. The van der Waals surface area contributed by atoms with E-state index in [0.29, 0.717) is 36.7 Å². The molecule has 4 rings (SSSR count). The third-order valence-electron chi connectivity index (χ3n) is 5.73. The lowest BCUT2D eigenvalue weighted by Crippen LogP contribution is -2.35. The van der Waals surface area contributed by atoms with Crippen molar-refractivity contribution in [3.8, 4) is 17.0 Å². The van der Waals surface area contributed by atoms with Crippen LogP contribution in [0.4, 0.5) is 14.5 Å². The van der Waals surface area contributed by atoms with Gasteiger partial charge >= 0.3 is 0 Å². The summed E-state index contributed by atoms with van der Waals surface area (Å²) in [6, 6.07) is 16.0. The van der Waals surface area contributed by atoms with E-state index >= 15 is 8.78 Å². The summed E-state index contributed by atoms with van der Waals surface area (Å²) in [5.41, 5.74) is 2.67. The molecule has 6 heteroatoms. The van der Waals surface area contributed by atoms with Crippen LogP contribution in [0, 0.1) is 24.5 Å². The van der Waals surface area contributed by atoms with Crippen molar-refractivity contribution in [1.29, 1.82) is 0 Å². The molecule has 1 fully saturated rings. The summed E-state index contributed by atoms with van der Waals surface area (Å²) in [6.07, 6.45) is 1.44. The molecule has 1 aromatic heterocycles. The second-order valence-electron chi connectivity index (χ2n) is 7.98. The summed E-state index contributed by atoms with van der Waals surface area (Å²) in [6.45, 7) is 3.32. The van der Waals surface area contributed by atoms with E-state index in [1.807, 2.05) is 37.3 Å². The highest BCUT2D eigenvalue weighted by molar-refractivity contribution is 5.71. The zero-order valence-electron chi connectivity index (χ0n) is 17.5. The zero-order chi connectivity index (χ0) is 21.8. The maximum Gasteiger partial charge on any atom is 0.221 e. The second-order valence-corrected chi connectivity index (χ2v) is 7.98. The number of aliphatic hydroxyl groups excluding tert-OH is 1. The van der Waals surface area contributed by atoms with Gasteiger partial charge < -0.3 is 14.7 Å². The van der Waals surface area contributed by atoms with Gasteiger partial charge in [-0.25, -0.2) is 13.8 Å². The van der Waals surface area contributed by atoms with Gasteiger partial charge in [0, 0.05) is 31.0 Å². The van der Waals surface area contributed by atoms with Gasteiger partial charge in [0.05, 0.1) is 0 Å². The van der Waals surface area contributed by atoms with E-state index in [1.165, 1.54) is 12.1 Å². The summed E-state index contributed by atoms with van der Waals surface area (Å²) >= 11 is 0. The smallest absolute Gasteiger partial charge is 0.221 e. The number of hydrogen-bond donors (Lipinski definition) is 1. The molecular formula is C25H26F2N2O2. The van der Waals surface area contributed by atoms with Crippen LogP contribution in [0.25, 0.3) is 11.1 Å². The minimum Gasteiger partial charge on any atom is -0.472 e. The van der Waals surface area contributed by atoms with Crippen LogP contribution in [0.2, 0.25) is 0 Å². The SMILES string of the molecule is Cc1ccc(-c2cc(F)c(N3CCC(CO)CC3)c(F)c2)c(OCc2ccccc2)n1. The quantitative estimate of drug-likeness (QED) is 0.596. The largest absolute Gasteiger partial charge is 0.472 e. The zero-order valence-corrected chi connectivity index (χ0v) is 17.5. The number of aliphatic hydroxyl groups is 1. The number of pyridine rings is 1. The Hall–Kier alpha value is -2.99. The predicted molar refractivity (Wildman–Crippen MR) is 117 cm³/mol. The normalized spacial score (nSPS) is 14.6. The van der Waals surface area contributed by atoms with Crippen molar-refractivity contribution in [2.24, 2.45) is 5.92 Å². The minimum absolute atomic E-state index is 0.00744. The van der Waals surface area contributed by atoms with Crippen molar-refractivity contribution in [3.63, 3.8) is 0 Å². The van der Waals surface area contributed by atoms with Crippen molar-refractivity contribution in [2.75, 3.05) is 24.6 Å². The van der Waals surface area contributed by atoms with Gasteiger partial charge in [0.25, 0.3) is 0 Å². The summed E-state index contributed by atoms with van der Waals surface area (Å²) in [4.78, 5) is 6.18. The van der Waals surface area contributed by atoms with E-state index in [0.717, 1.165) is 24.1 Å². The molecule has 1 saturated heterocycles. The summed E-state index contributed by atoms with van der Waals surface area (Å²) < 4.78 is 36.0. The minimum atomic E-state index is -0.605. The van der Waals surface area contributed by atoms with E-state index in [9.17, 15) is 5.11 Å². The molecule has 0 spiro atoms. The van der Waals surface area contributed by atoms with E-state index in [1.54, 1.807) is 17.0 Å². The molecule has 0 amide bonds. The van der Waals surface area contributed by atoms with Gasteiger partial charge in [0.2, 0.25) is 5.88 Å².